The van der Waals surface area contributed by atoms with Crippen molar-refractivity contribution in [3.05, 3.63) is 23.8 Å². The van der Waals surface area contributed by atoms with Crippen LogP contribution in [0.15, 0.2) is 18.2 Å². The molecule has 7 heteroatoms. The van der Waals surface area contributed by atoms with Crippen LogP contribution in [-0.2, 0) is 0 Å². The molecular formula is C13H18F2N2O3. The van der Waals surface area contributed by atoms with E-state index in [2.05, 4.69) is 15.4 Å². The molecule has 1 aromatic carbocycles. The molecule has 0 aliphatic rings. The second-order valence-electron chi connectivity index (χ2n) is 4.21. The summed E-state index contributed by atoms with van der Waals surface area (Å²) in [6.07, 6.45) is 0.554. The Kier molecular flexibility index (Phi) is 6.17. The first-order chi connectivity index (χ1) is 9.47. The molecule has 3 N–H and O–H groups in total. The maximum atomic E-state index is 12.3. The van der Waals surface area contributed by atoms with Crippen LogP contribution >= 0.6 is 0 Å². The fraction of sp³-hybridized carbons (Fsp3) is 0.462. The van der Waals surface area contributed by atoms with Gasteiger partial charge in [0, 0.05) is 0 Å². The van der Waals surface area contributed by atoms with Gasteiger partial charge in [-0.3, -0.25) is 0 Å². The highest BCUT2D eigenvalue weighted by atomic mass is 19.3. The third kappa shape index (κ3) is 4.65. The number of nitrogens with one attached hydrogen (secondary N) is 2. The zero-order valence-corrected chi connectivity index (χ0v) is 11.3. The van der Waals surface area contributed by atoms with Gasteiger partial charge in [0.1, 0.15) is 5.75 Å². The molecule has 0 saturated heterocycles. The van der Waals surface area contributed by atoms with Crippen LogP contribution in [0.1, 0.15) is 18.9 Å². The molecule has 0 fully saturated rings. The molecule has 1 unspecified atom stereocenters. The van der Waals surface area contributed by atoms with Gasteiger partial charge in [0.05, 0.1) is 18.3 Å². The summed E-state index contributed by atoms with van der Waals surface area (Å²) in [5.74, 6) is -0.104. The Morgan fingerprint density at radius 2 is 2.15 bits per heavy atom. The zero-order valence-electron chi connectivity index (χ0n) is 11.3. The number of alkyl halides is 2. The summed E-state index contributed by atoms with van der Waals surface area (Å²) in [5.41, 5.74) is 0.772. The number of aliphatic hydroxyl groups excluding tert-OH is 1. The Hall–Kier alpha value is -1.89. The largest absolute Gasteiger partial charge is 0.433 e. The van der Waals surface area contributed by atoms with Crippen molar-refractivity contribution >= 4 is 11.7 Å². The topological polar surface area (TPSA) is 70.6 Å². The number of para-hydroxylation sites is 1. The van der Waals surface area contributed by atoms with Gasteiger partial charge in [-0.15, -0.1) is 0 Å². The van der Waals surface area contributed by atoms with Crippen molar-refractivity contribution in [3.8, 4) is 5.75 Å². The van der Waals surface area contributed by atoms with Gasteiger partial charge in [0.2, 0.25) is 0 Å². The monoisotopic (exact) mass is 288 g/mol. The Balaban J connectivity index is 2.82. The predicted molar refractivity (Wildman–Crippen MR) is 71.1 cm³/mol. The lowest BCUT2D eigenvalue weighted by molar-refractivity contribution is -0.0493. The molecule has 0 aliphatic carbocycles. The predicted octanol–water partition coefficient (Wildman–Crippen LogP) is 2.49. The Bertz CT molecular complexity index is 451. The molecule has 112 valence electrons. The number of anilines is 1. The van der Waals surface area contributed by atoms with E-state index in [0.29, 0.717) is 12.0 Å². The summed E-state index contributed by atoms with van der Waals surface area (Å²) in [6, 6.07) is 3.59. The lowest BCUT2D eigenvalue weighted by Crippen LogP contribution is -2.39. The van der Waals surface area contributed by atoms with Crippen molar-refractivity contribution < 1.29 is 23.4 Å². The highest BCUT2D eigenvalue weighted by molar-refractivity contribution is 5.92. The molecule has 2 amide bonds. The van der Waals surface area contributed by atoms with E-state index in [0.717, 1.165) is 0 Å². The number of carbonyl (C=O) groups is 1. The van der Waals surface area contributed by atoms with Gasteiger partial charge in [-0.1, -0.05) is 19.1 Å². The number of hydrogen-bond donors (Lipinski definition) is 3. The first-order valence-electron chi connectivity index (χ1n) is 6.20. The summed E-state index contributed by atoms with van der Waals surface area (Å²) in [6.45, 7) is 0.302. The van der Waals surface area contributed by atoms with E-state index in [4.69, 9.17) is 5.11 Å². The molecule has 0 heterocycles. The quantitative estimate of drug-likeness (QED) is 0.753. The SMILES string of the molecule is CCC(CO)NC(=O)Nc1c(C)cccc1OC(F)F. The Morgan fingerprint density at radius 1 is 1.45 bits per heavy atom. The van der Waals surface area contributed by atoms with Crippen LogP contribution in [0.2, 0.25) is 0 Å². The van der Waals surface area contributed by atoms with Crippen molar-refractivity contribution in [3.63, 3.8) is 0 Å². The number of hydrogen-bond acceptors (Lipinski definition) is 3. The van der Waals surface area contributed by atoms with Crippen molar-refractivity contribution in [1.82, 2.24) is 5.32 Å². The van der Waals surface area contributed by atoms with E-state index in [9.17, 15) is 13.6 Å². The minimum absolute atomic E-state index is 0.104. The van der Waals surface area contributed by atoms with Crippen molar-refractivity contribution in [2.24, 2.45) is 0 Å². The lowest BCUT2D eigenvalue weighted by Gasteiger charge is -2.17. The molecule has 0 radical (unpaired) electrons. The standard InChI is InChI=1S/C13H18F2N2O3/c1-3-9(7-18)16-13(19)17-11-8(2)5-4-6-10(11)20-12(14)15/h4-6,9,12,18H,3,7H2,1-2H3,(H2,16,17,19). The number of aryl methyl sites for hydroxylation is 1. The van der Waals surface area contributed by atoms with E-state index >= 15 is 0 Å². The van der Waals surface area contributed by atoms with Crippen LogP contribution in [-0.4, -0.2) is 30.4 Å². The minimum atomic E-state index is -2.97. The van der Waals surface area contributed by atoms with E-state index < -0.39 is 18.7 Å². The molecule has 0 bridgehead atoms. The van der Waals surface area contributed by atoms with Gasteiger partial charge in [-0.05, 0) is 25.0 Å². The Morgan fingerprint density at radius 3 is 2.70 bits per heavy atom. The molecule has 0 aliphatic heterocycles. The summed E-state index contributed by atoms with van der Waals surface area (Å²) in [5, 5.41) is 14.0. The lowest BCUT2D eigenvalue weighted by atomic mass is 10.2. The van der Waals surface area contributed by atoms with Crippen LogP contribution in [0.25, 0.3) is 0 Å². The molecule has 1 rings (SSSR count). The number of amides is 2. The molecule has 1 atom stereocenters. The summed E-state index contributed by atoms with van der Waals surface area (Å²) in [4.78, 5) is 11.8. The molecular weight excluding hydrogens is 270 g/mol. The Labute approximate surface area is 115 Å². The molecule has 0 saturated carbocycles. The van der Waals surface area contributed by atoms with Crippen LogP contribution in [0, 0.1) is 6.92 Å². The molecule has 20 heavy (non-hydrogen) atoms. The summed E-state index contributed by atoms with van der Waals surface area (Å²) < 4.78 is 29.0. The first-order valence-corrected chi connectivity index (χ1v) is 6.20. The average molecular weight is 288 g/mol. The highest BCUT2D eigenvalue weighted by Crippen LogP contribution is 2.29. The number of urea groups is 1. The number of ether oxygens (including phenoxy) is 1. The number of rotatable bonds is 6. The molecule has 0 aromatic heterocycles. The second kappa shape index (κ2) is 7.64. The molecule has 1 aromatic rings. The van der Waals surface area contributed by atoms with E-state index in [1.807, 2.05) is 0 Å². The van der Waals surface area contributed by atoms with E-state index in [-0.39, 0.29) is 18.0 Å². The number of benzene rings is 1. The van der Waals surface area contributed by atoms with Gasteiger partial charge >= 0.3 is 12.6 Å². The number of halogens is 2. The number of carbonyl (C=O) groups excluding carboxylic acids is 1. The molecule has 0 spiro atoms. The fourth-order valence-electron chi connectivity index (χ4n) is 1.61. The third-order valence-electron chi connectivity index (χ3n) is 2.74. The highest BCUT2D eigenvalue weighted by Gasteiger charge is 2.15. The maximum absolute atomic E-state index is 12.3. The van der Waals surface area contributed by atoms with Gasteiger partial charge in [0.25, 0.3) is 0 Å². The first kappa shape index (κ1) is 16.2. The van der Waals surface area contributed by atoms with E-state index in [1.165, 1.54) is 6.07 Å². The van der Waals surface area contributed by atoms with Crippen LogP contribution in [0.5, 0.6) is 5.75 Å². The smallest absolute Gasteiger partial charge is 0.387 e. The van der Waals surface area contributed by atoms with Gasteiger partial charge in [0.15, 0.2) is 0 Å². The zero-order chi connectivity index (χ0) is 15.1. The average Bonchev–Trinajstić information content (AvgIpc) is 2.39. The summed E-state index contributed by atoms with van der Waals surface area (Å²) in [7, 11) is 0. The van der Waals surface area contributed by atoms with Crippen molar-refractivity contribution in [1.29, 1.82) is 0 Å². The van der Waals surface area contributed by atoms with Gasteiger partial charge in [-0.2, -0.15) is 8.78 Å². The molecule has 5 nitrogen and oxygen atoms in total. The second-order valence-corrected chi connectivity index (χ2v) is 4.21. The van der Waals surface area contributed by atoms with Crippen LogP contribution in [0.3, 0.4) is 0 Å². The summed E-state index contributed by atoms with van der Waals surface area (Å²) >= 11 is 0. The fourth-order valence-corrected chi connectivity index (χ4v) is 1.61. The number of aliphatic hydroxyl groups is 1. The van der Waals surface area contributed by atoms with E-state index in [1.54, 1.807) is 26.0 Å². The van der Waals surface area contributed by atoms with Crippen LogP contribution < -0.4 is 15.4 Å². The van der Waals surface area contributed by atoms with Gasteiger partial charge in [-0.25, -0.2) is 4.79 Å². The maximum Gasteiger partial charge on any atom is 0.387 e. The van der Waals surface area contributed by atoms with Crippen molar-refractivity contribution in [2.45, 2.75) is 32.9 Å². The third-order valence-corrected chi connectivity index (χ3v) is 2.74. The normalized spacial score (nSPS) is 12.1. The minimum Gasteiger partial charge on any atom is -0.433 e. The van der Waals surface area contributed by atoms with Gasteiger partial charge < -0.3 is 20.5 Å². The van der Waals surface area contributed by atoms with Crippen LogP contribution in [0.4, 0.5) is 19.3 Å². The van der Waals surface area contributed by atoms with Crippen molar-refractivity contribution in [2.75, 3.05) is 11.9 Å².